The number of carbonyl (C=O) groups is 4. The molecule has 19 heteroatoms. The molecule has 2 unspecified atom stereocenters. The summed E-state index contributed by atoms with van der Waals surface area (Å²) in [6.07, 6.45) is 41.8. The molecule has 0 bridgehead atoms. The van der Waals surface area contributed by atoms with Gasteiger partial charge in [0.2, 0.25) is 0 Å². The number of ether oxygens (including phenoxy) is 4. The Hall–Kier alpha value is -1.94. The molecule has 0 amide bonds. The zero-order chi connectivity index (χ0) is 61.3. The summed E-state index contributed by atoms with van der Waals surface area (Å²) >= 11 is 0. The molecule has 0 aliphatic carbocycles. The Bertz CT molecular complexity index is 1620. The lowest BCUT2D eigenvalue weighted by atomic mass is 10.0. The molecule has 17 nitrogen and oxygen atoms in total. The molecular weight excluding hydrogens is 1100 g/mol. The molecule has 0 radical (unpaired) electrons. The molecule has 0 saturated carbocycles. The standard InChI is InChI=1S/C64H124O17P2/c1-6-9-12-15-18-21-22-23-24-25-26-29-35-40-45-50-64(69)81-60(54-75-62(67)48-43-38-34-30-27-28-31-36-41-46-57(4)5)56-79-83(72,73)77-52-58(65)51-76-82(70,71)78-55-59(80-63(68)49-44-39-33-20-17-14-11-8-3)53-74-61(66)47-42-37-32-19-16-13-10-7-2/h57-60,65H,6-56H2,1-5H3,(H,70,71)(H,72,73)/t58-,59+,60+/m0/s1. The van der Waals surface area contributed by atoms with Gasteiger partial charge in [-0.3, -0.25) is 37.3 Å². The van der Waals surface area contributed by atoms with Crippen LogP contribution in [-0.2, 0) is 65.4 Å². The highest BCUT2D eigenvalue weighted by atomic mass is 31.2. The maximum atomic E-state index is 13.0. The topological polar surface area (TPSA) is 237 Å². The van der Waals surface area contributed by atoms with Crippen LogP contribution in [0.4, 0.5) is 0 Å². The van der Waals surface area contributed by atoms with Gasteiger partial charge in [-0.25, -0.2) is 9.13 Å². The monoisotopic (exact) mass is 1230 g/mol. The van der Waals surface area contributed by atoms with Gasteiger partial charge in [0, 0.05) is 25.7 Å². The predicted molar refractivity (Wildman–Crippen MR) is 331 cm³/mol. The summed E-state index contributed by atoms with van der Waals surface area (Å²) < 4.78 is 67.9. The Kier molecular flexibility index (Phi) is 56.4. The summed E-state index contributed by atoms with van der Waals surface area (Å²) in [6, 6.07) is 0. The fraction of sp³-hybridized carbons (Fsp3) is 0.938. The highest BCUT2D eigenvalue weighted by Crippen LogP contribution is 2.45. The third-order valence-electron chi connectivity index (χ3n) is 14.8. The number of phosphoric ester groups is 2. The van der Waals surface area contributed by atoms with Crippen molar-refractivity contribution in [1.29, 1.82) is 0 Å². The lowest BCUT2D eigenvalue weighted by Gasteiger charge is -2.21. The third kappa shape index (κ3) is 58.8. The lowest BCUT2D eigenvalue weighted by Crippen LogP contribution is -2.30. The van der Waals surface area contributed by atoms with E-state index < -0.39 is 97.5 Å². The van der Waals surface area contributed by atoms with E-state index in [0.717, 1.165) is 109 Å². The van der Waals surface area contributed by atoms with E-state index in [-0.39, 0.29) is 25.7 Å². The van der Waals surface area contributed by atoms with Gasteiger partial charge in [0.1, 0.15) is 19.3 Å². The zero-order valence-electron chi connectivity index (χ0n) is 53.3. The molecule has 5 atom stereocenters. The fourth-order valence-corrected chi connectivity index (χ4v) is 11.2. The predicted octanol–water partition coefficient (Wildman–Crippen LogP) is 17.8. The molecule has 0 aromatic heterocycles. The molecular formula is C64H124O17P2. The van der Waals surface area contributed by atoms with Gasteiger partial charge in [-0.05, 0) is 31.6 Å². The molecule has 83 heavy (non-hydrogen) atoms. The van der Waals surface area contributed by atoms with Crippen molar-refractivity contribution in [3.8, 4) is 0 Å². The summed E-state index contributed by atoms with van der Waals surface area (Å²) in [4.78, 5) is 72.1. The van der Waals surface area contributed by atoms with Gasteiger partial charge < -0.3 is 33.8 Å². The van der Waals surface area contributed by atoms with Crippen molar-refractivity contribution >= 4 is 39.5 Å². The van der Waals surface area contributed by atoms with Crippen molar-refractivity contribution in [1.82, 2.24) is 0 Å². The van der Waals surface area contributed by atoms with Crippen LogP contribution in [0.15, 0.2) is 0 Å². The van der Waals surface area contributed by atoms with Gasteiger partial charge in [0.25, 0.3) is 0 Å². The van der Waals surface area contributed by atoms with E-state index in [1.165, 1.54) is 135 Å². The van der Waals surface area contributed by atoms with E-state index in [1.807, 2.05) is 0 Å². The summed E-state index contributed by atoms with van der Waals surface area (Å²) in [5.41, 5.74) is 0. The molecule has 0 aliphatic heterocycles. The van der Waals surface area contributed by atoms with Gasteiger partial charge in [-0.2, -0.15) is 0 Å². The minimum Gasteiger partial charge on any atom is -0.462 e. The maximum absolute atomic E-state index is 13.0. The first-order valence-corrected chi connectivity index (χ1v) is 36.6. The van der Waals surface area contributed by atoms with E-state index in [1.54, 1.807) is 0 Å². The van der Waals surface area contributed by atoms with Crippen LogP contribution in [0.2, 0.25) is 0 Å². The molecule has 0 aromatic carbocycles. The molecule has 0 rings (SSSR count). The van der Waals surface area contributed by atoms with Crippen molar-refractivity contribution < 1.29 is 80.2 Å². The van der Waals surface area contributed by atoms with Gasteiger partial charge >= 0.3 is 39.5 Å². The Morgan fingerprint density at radius 1 is 0.325 bits per heavy atom. The second-order valence-electron chi connectivity index (χ2n) is 23.6. The summed E-state index contributed by atoms with van der Waals surface area (Å²) in [5.74, 6) is -1.39. The average Bonchev–Trinajstić information content (AvgIpc) is 3.49. The van der Waals surface area contributed by atoms with Crippen LogP contribution in [0.25, 0.3) is 0 Å². The maximum Gasteiger partial charge on any atom is 0.472 e. The highest BCUT2D eigenvalue weighted by Gasteiger charge is 2.30. The lowest BCUT2D eigenvalue weighted by molar-refractivity contribution is -0.161. The number of unbranched alkanes of at least 4 members (excludes halogenated alkanes) is 36. The van der Waals surface area contributed by atoms with Gasteiger partial charge in [-0.1, -0.05) is 272 Å². The first kappa shape index (κ1) is 81.1. The van der Waals surface area contributed by atoms with E-state index in [2.05, 4.69) is 34.6 Å². The van der Waals surface area contributed by atoms with Crippen molar-refractivity contribution in [3.05, 3.63) is 0 Å². The first-order valence-electron chi connectivity index (χ1n) is 33.6. The third-order valence-corrected chi connectivity index (χ3v) is 16.7. The normalized spacial score (nSPS) is 14.2. The number of aliphatic hydroxyl groups is 1. The molecule has 0 aromatic rings. The van der Waals surface area contributed by atoms with Crippen LogP contribution in [-0.4, -0.2) is 96.7 Å². The largest absolute Gasteiger partial charge is 0.472 e. The molecule has 0 heterocycles. The average molecular weight is 1230 g/mol. The molecule has 0 fully saturated rings. The number of esters is 4. The number of carbonyl (C=O) groups excluding carboxylic acids is 4. The SMILES string of the molecule is CCCCCCCCCCCCCCCCCC(=O)O[C@H](COC(=O)CCCCCCCCCCCC(C)C)COP(=O)(O)OC[C@@H](O)COP(=O)(O)OC[C@@H](COC(=O)CCCCCCCCCC)OC(=O)CCCCCCCCCC. The van der Waals surface area contributed by atoms with Crippen LogP contribution < -0.4 is 0 Å². The molecule has 3 N–H and O–H groups in total. The highest BCUT2D eigenvalue weighted by molar-refractivity contribution is 7.47. The van der Waals surface area contributed by atoms with E-state index in [9.17, 15) is 43.2 Å². The van der Waals surface area contributed by atoms with Crippen molar-refractivity contribution in [3.63, 3.8) is 0 Å². The number of hydrogen-bond donors (Lipinski definition) is 3. The second-order valence-corrected chi connectivity index (χ2v) is 26.5. The molecule has 0 spiro atoms. The number of rotatable bonds is 64. The van der Waals surface area contributed by atoms with Crippen molar-refractivity contribution in [2.24, 2.45) is 5.92 Å². The Labute approximate surface area is 505 Å². The minimum absolute atomic E-state index is 0.105. The Morgan fingerprint density at radius 2 is 0.554 bits per heavy atom. The minimum atomic E-state index is -4.94. The zero-order valence-corrected chi connectivity index (χ0v) is 55.1. The van der Waals surface area contributed by atoms with Crippen LogP contribution >= 0.6 is 15.6 Å². The molecule has 0 saturated heterocycles. The van der Waals surface area contributed by atoms with E-state index >= 15 is 0 Å². The second kappa shape index (κ2) is 57.8. The Morgan fingerprint density at radius 3 is 0.819 bits per heavy atom. The summed E-state index contributed by atoms with van der Waals surface area (Å²) in [7, 11) is -9.88. The van der Waals surface area contributed by atoms with Gasteiger partial charge in [-0.15, -0.1) is 0 Å². The Balaban J connectivity index is 5.20. The quantitative estimate of drug-likeness (QED) is 0.0222. The van der Waals surface area contributed by atoms with Crippen LogP contribution in [0, 0.1) is 5.92 Å². The van der Waals surface area contributed by atoms with Crippen LogP contribution in [0.5, 0.6) is 0 Å². The number of aliphatic hydroxyl groups excluding tert-OH is 1. The van der Waals surface area contributed by atoms with Gasteiger partial charge in [0.05, 0.1) is 26.4 Å². The number of phosphoric acid groups is 2. The van der Waals surface area contributed by atoms with Gasteiger partial charge in [0.15, 0.2) is 12.2 Å². The fourth-order valence-electron chi connectivity index (χ4n) is 9.58. The molecule has 492 valence electrons. The first-order chi connectivity index (χ1) is 40.0. The summed E-state index contributed by atoms with van der Waals surface area (Å²) in [5, 5.41) is 10.5. The smallest absolute Gasteiger partial charge is 0.462 e. The summed E-state index contributed by atoms with van der Waals surface area (Å²) in [6.45, 7) is 7.13. The van der Waals surface area contributed by atoms with Crippen LogP contribution in [0.3, 0.4) is 0 Å². The van der Waals surface area contributed by atoms with Crippen molar-refractivity contribution in [2.75, 3.05) is 39.6 Å². The van der Waals surface area contributed by atoms with Crippen LogP contribution in [0.1, 0.15) is 324 Å². The molecule has 0 aliphatic rings. The van der Waals surface area contributed by atoms with E-state index in [0.29, 0.717) is 25.7 Å². The number of hydrogen-bond acceptors (Lipinski definition) is 15. The van der Waals surface area contributed by atoms with E-state index in [4.69, 9.17) is 37.0 Å². The van der Waals surface area contributed by atoms with Crippen molar-refractivity contribution in [2.45, 2.75) is 342 Å².